The number of primary amides is 1. The fraction of sp³-hybridized carbons (Fsp3) is 0.562. The fourth-order valence-electron chi connectivity index (χ4n) is 2.21. The van der Waals surface area contributed by atoms with Gasteiger partial charge in [-0.3, -0.25) is 14.4 Å². The minimum absolute atomic E-state index is 0.0247. The van der Waals surface area contributed by atoms with Crippen molar-refractivity contribution in [2.24, 2.45) is 17.4 Å². The first-order chi connectivity index (χ1) is 12.6. The molecular weight excluding hydrogens is 356 g/mol. The highest BCUT2D eigenvalue weighted by atomic mass is 16.4. The number of H-pyrrole nitrogens is 1. The third kappa shape index (κ3) is 7.44. The van der Waals surface area contributed by atoms with E-state index in [0.717, 1.165) is 0 Å². The van der Waals surface area contributed by atoms with E-state index in [9.17, 15) is 24.3 Å². The Balaban J connectivity index is 2.84. The van der Waals surface area contributed by atoms with Gasteiger partial charge in [0, 0.05) is 24.7 Å². The second-order valence-electron chi connectivity index (χ2n) is 6.52. The number of carboxylic acids is 1. The summed E-state index contributed by atoms with van der Waals surface area (Å²) in [6.45, 7) is 3.49. The van der Waals surface area contributed by atoms with Crippen LogP contribution in [0.25, 0.3) is 0 Å². The molecule has 27 heavy (non-hydrogen) atoms. The first-order valence-electron chi connectivity index (χ1n) is 8.46. The van der Waals surface area contributed by atoms with Gasteiger partial charge in [0.15, 0.2) is 0 Å². The molecule has 1 rings (SSSR count). The van der Waals surface area contributed by atoms with Crippen molar-refractivity contribution in [3.63, 3.8) is 0 Å². The number of aliphatic carboxylic acids is 1. The molecule has 1 aromatic heterocycles. The second-order valence-corrected chi connectivity index (χ2v) is 6.52. The van der Waals surface area contributed by atoms with Crippen LogP contribution in [0.2, 0.25) is 0 Å². The molecule has 0 fully saturated rings. The smallest absolute Gasteiger partial charge is 0.326 e. The average molecular weight is 382 g/mol. The van der Waals surface area contributed by atoms with E-state index < -0.39 is 41.8 Å². The van der Waals surface area contributed by atoms with Crippen LogP contribution in [0.1, 0.15) is 32.4 Å². The highest BCUT2D eigenvalue weighted by molar-refractivity contribution is 5.92. The third-order valence-corrected chi connectivity index (χ3v) is 3.93. The molecule has 0 aromatic carbocycles. The van der Waals surface area contributed by atoms with Crippen LogP contribution in [0, 0.1) is 5.92 Å². The molecule has 0 aliphatic carbocycles. The molecule has 0 aliphatic rings. The number of aromatic amines is 1. The number of hydrogen-bond acceptors (Lipinski definition) is 6. The molecule has 0 spiro atoms. The number of hydrogen-bond donors (Lipinski definition) is 6. The summed E-state index contributed by atoms with van der Waals surface area (Å²) in [6, 6.07) is -3.24. The minimum Gasteiger partial charge on any atom is -0.480 e. The Kier molecular flexibility index (Phi) is 8.39. The predicted octanol–water partition coefficient (Wildman–Crippen LogP) is -1.74. The number of nitrogens with zero attached hydrogens (tertiary/aromatic N) is 1. The zero-order valence-electron chi connectivity index (χ0n) is 15.3. The Morgan fingerprint density at radius 2 is 1.81 bits per heavy atom. The number of imidazole rings is 1. The molecule has 8 N–H and O–H groups in total. The van der Waals surface area contributed by atoms with E-state index in [1.54, 1.807) is 13.8 Å². The molecule has 3 atom stereocenters. The Morgan fingerprint density at radius 3 is 2.30 bits per heavy atom. The number of amides is 3. The number of aromatic nitrogens is 2. The minimum atomic E-state index is -1.25. The number of rotatable bonds is 11. The van der Waals surface area contributed by atoms with Gasteiger partial charge in [-0.2, -0.15) is 0 Å². The quantitative estimate of drug-likeness (QED) is 0.261. The molecule has 0 saturated heterocycles. The van der Waals surface area contributed by atoms with Crippen molar-refractivity contribution in [2.75, 3.05) is 0 Å². The van der Waals surface area contributed by atoms with Gasteiger partial charge in [-0.1, -0.05) is 13.8 Å². The molecule has 0 unspecified atom stereocenters. The molecule has 11 heteroatoms. The van der Waals surface area contributed by atoms with Gasteiger partial charge < -0.3 is 32.2 Å². The topological polar surface area (TPSA) is 193 Å². The van der Waals surface area contributed by atoms with Gasteiger partial charge in [-0.15, -0.1) is 0 Å². The lowest BCUT2D eigenvalue weighted by Gasteiger charge is -2.23. The number of carboxylic acid groups (broad SMARTS) is 1. The van der Waals surface area contributed by atoms with Crippen LogP contribution >= 0.6 is 0 Å². The van der Waals surface area contributed by atoms with Crippen molar-refractivity contribution in [2.45, 2.75) is 51.2 Å². The van der Waals surface area contributed by atoms with Crippen molar-refractivity contribution in [1.82, 2.24) is 20.6 Å². The van der Waals surface area contributed by atoms with Crippen molar-refractivity contribution >= 4 is 23.7 Å². The highest BCUT2D eigenvalue weighted by Crippen LogP contribution is 2.05. The molecule has 0 bridgehead atoms. The summed E-state index contributed by atoms with van der Waals surface area (Å²) < 4.78 is 0. The molecule has 1 aromatic rings. The average Bonchev–Trinajstić information content (AvgIpc) is 3.09. The van der Waals surface area contributed by atoms with Gasteiger partial charge >= 0.3 is 5.97 Å². The van der Waals surface area contributed by atoms with E-state index in [-0.39, 0.29) is 25.2 Å². The Bertz CT molecular complexity index is 660. The van der Waals surface area contributed by atoms with E-state index in [2.05, 4.69) is 20.6 Å². The molecule has 0 saturated carbocycles. The van der Waals surface area contributed by atoms with Gasteiger partial charge in [0.25, 0.3) is 0 Å². The highest BCUT2D eigenvalue weighted by Gasteiger charge is 2.29. The van der Waals surface area contributed by atoms with Crippen LogP contribution in [-0.2, 0) is 25.6 Å². The maximum Gasteiger partial charge on any atom is 0.326 e. The first-order valence-corrected chi connectivity index (χ1v) is 8.46. The summed E-state index contributed by atoms with van der Waals surface area (Å²) >= 11 is 0. The lowest BCUT2D eigenvalue weighted by atomic mass is 10.0. The molecule has 11 nitrogen and oxygen atoms in total. The molecule has 0 radical (unpaired) electrons. The van der Waals surface area contributed by atoms with E-state index in [4.69, 9.17) is 11.5 Å². The number of carbonyl (C=O) groups is 4. The first kappa shape index (κ1) is 22.1. The van der Waals surface area contributed by atoms with Crippen molar-refractivity contribution in [1.29, 1.82) is 0 Å². The molecule has 150 valence electrons. The van der Waals surface area contributed by atoms with Crippen molar-refractivity contribution < 1.29 is 24.3 Å². The van der Waals surface area contributed by atoms with Crippen LogP contribution in [-0.4, -0.2) is 56.9 Å². The fourth-order valence-corrected chi connectivity index (χ4v) is 2.21. The second kappa shape index (κ2) is 10.3. The van der Waals surface area contributed by atoms with Gasteiger partial charge in [0.2, 0.25) is 17.7 Å². The summed E-state index contributed by atoms with van der Waals surface area (Å²) in [7, 11) is 0. The normalized spacial score (nSPS) is 14.2. The number of nitrogens with one attached hydrogen (secondary N) is 3. The van der Waals surface area contributed by atoms with Crippen molar-refractivity contribution in [3.05, 3.63) is 18.2 Å². The van der Waals surface area contributed by atoms with Crippen molar-refractivity contribution in [3.8, 4) is 0 Å². The van der Waals surface area contributed by atoms with E-state index in [1.165, 1.54) is 12.5 Å². The van der Waals surface area contributed by atoms with Gasteiger partial charge in [0.05, 0.1) is 12.4 Å². The van der Waals surface area contributed by atoms with Gasteiger partial charge in [0.1, 0.15) is 12.1 Å². The van der Waals surface area contributed by atoms with Crippen LogP contribution in [0.15, 0.2) is 12.5 Å². The van der Waals surface area contributed by atoms with E-state index in [0.29, 0.717) is 5.69 Å². The summed E-state index contributed by atoms with van der Waals surface area (Å²) in [6.07, 6.45) is 2.57. The van der Waals surface area contributed by atoms with E-state index >= 15 is 0 Å². The monoisotopic (exact) mass is 382 g/mol. The van der Waals surface area contributed by atoms with Crippen LogP contribution in [0.5, 0.6) is 0 Å². The third-order valence-electron chi connectivity index (χ3n) is 3.93. The molecular formula is C16H26N6O5. The largest absolute Gasteiger partial charge is 0.480 e. The Morgan fingerprint density at radius 1 is 1.19 bits per heavy atom. The number of carbonyl (C=O) groups excluding carboxylic acids is 3. The standard InChI is InChI=1S/C16H26N6O5/c1-8(2)13(18)15(25)21-10(3-4-12(17)23)14(24)22-11(16(26)27)5-9-6-19-7-20-9/h6-8,10-11,13H,3-5,18H2,1-2H3,(H2,17,23)(H,19,20)(H,21,25)(H,22,24)(H,26,27)/t10-,11-,13-/m0/s1. The summed E-state index contributed by atoms with van der Waals surface area (Å²) in [5.41, 5.74) is 11.4. The van der Waals surface area contributed by atoms with Crippen LogP contribution < -0.4 is 22.1 Å². The van der Waals surface area contributed by atoms with Gasteiger partial charge in [-0.05, 0) is 12.3 Å². The van der Waals surface area contributed by atoms with Crippen LogP contribution in [0.4, 0.5) is 0 Å². The summed E-state index contributed by atoms with van der Waals surface area (Å²) in [5, 5.41) is 14.2. The summed E-state index contributed by atoms with van der Waals surface area (Å²) in [5.74, 6) is -3.39. The zero-order valence-corrected chi connectivity index (χ0v) is 15.3. The predicted molar refractivity (Wildman–Crippen MR) is 95.0 cm³/mol. The Hall–Kier alpha value is -2.95. The Labute approximate surface area is 156 Å². The number of nitrogens with two attached hydrogens (primary N) is 2. The maximum absolute atomic E-state index is 12.5. The summed E-state index contributed by atoms with van der Waals surface area (Å²) in [4.78, 5) is 53.7. The zero-order chi connectivity index (χ0) is 20.6. The SMILES string of the molecule is CC(C)[C@H](N)C(=O)N[C@@H](CCC(N)=O)C(=O)N[C@@H](Cc1cnc[nH]1)C(=O)O. The van der Waals surface area contributed by atoms with E-state index in [1.807, 2.05) is 0 Å². The lowest BCUT2D eigenvalue weighted by molar-refractivity contribution is -0.142. The lowest BCUT2D eigenvalue weighted by Crippen LogP contribution is -2.55. The van der Waals surface area contributed by atoms with Crippen LogP contribution in [0.3, 0.4) is 0 Å². The molecule has 3 amide bonds. The molecule has 0 aliphatic heterocycles. The van der Waals surface area contributed by atoms with Gasteiger partial charge in [-0.25, -0.2) is 9.78 Å². The molecule has 1 heterocycles. The maximum atomic E-state index is 12.5.